The molecule has 2 unspecified atom stereocenters. The Morgan fingerprint density at radius 3 is 2.80 bits per heavy atom. The number of piperidine rings is 1. The van der Waals surface area contributed by atoms with Crippen LogP contribution in [0.25, 0.3) is 0 Å². The van der Waals surface area contributed by atoms with Crippen LogP contribution in [0.4, 0.5) is 0 Å². The highest BCUT2D eigenvalue weighted by molar-refractivity contribution is 4.83. The van der Waals surface area contributed by atoms with Gasteiger partial charge in [-0.2, -0.15) is 0 Å². The van der Waals surface area contributed by atoms with Crippen LogP contribution in [0.5, 0.6) is 0 Å². The number of aliphatic hydroxyl groups excluding tert-OH is 2. The van der Waals surface area contributed by atoms with Crippen LogP contribution >= 0.6 is 0 Å². The minimum absolute atomic E-state index is 0.185. The fourth-order valence-corrected chi connectivity index (χ4v) is 2.35. The van der Waals surface area contributed by atoms with Crippen molar-refractivity contribution in [3.05, 3.63) is 0 Å². The quantitative estimate of drug-likeness (QED) is 0.692. The molecule has 0 aliphatic carbocycles. The van der Waals surface area contributed by atoms with E-state index < -0.39 is 6.10 Å². The van der Waals surface area contributed by atoms with E-state index in [4.69, 9.17) is 4.74 Å². The molecule has 1 rings (SSSR count). The third-order valence-corrected chi connectivity index (χ3v) is 3.19. The summed E-state index contributed by atoms with van der Waals surface area (Å²) in [5.74, 6) is 0. The molecular weight excluding hydrogens is 194 g/mol. The number of methoxy groups -OCH3 is 1. The molecule has 0 radical (unpaired) electrons. The SMILES string of the molecule is COC[C@H](O)CN1C(C)CCCC1CO. The Balaban J connectivity index is 2.46. The first-order valence-electron chi connectivity index (χ1n) is 5.72. The molecule has 0 saturated carbocycles. The molecule has 4 heteroatoms. The van der Waals surface area contributed by atoms with Crippen molar-refractivity contribution in [2.75, 3.05) is 26.9 Å². The molecule has 0 amide bonds. The van der Waals surface area contributed by atoms with Gasteiger partial charge in [-0.05, 0) is 19.8 Å². The molecule has 0 aromatic carbocycles. The number of hydrogen-bond donors (Lipinski definition) is 2. The van der Waals surface area contributed by atoms with Crippen molar-refractivity contribution in [2.45, 2.75) is 44.4 Å². The molecule has 1 saturated heterocycles. The molecule has 15 heavy (non-hydrogen) atoms. The van der Waals surface area contributed by atoms with Gasteiger partial charge in [-0.15, -0.1) is 0 Å². The highest BCUT2D eigenvalue weighted by Crippen LogP contribution is 2.22. The van der Waals surface area contributed by atoms with Crippen LogP contribution in [0, 0.1) is 0 Å². The second-order valence-electron chi connectivity index (χ2n) is 4.42. The maximum Gasteiger partial charge on any atom is 0.0900 e. The van der Waals surface area contributed by atoms with Crippen LogP contribution in [0.15, 0.2) is 0 Å². The summed E-state index contributed by atoms with van der Waals surface area (Å²) >= 11 is 0. The minimum atomic E-state index is -0.454. The maximum absolute atomic E-state index is 9.68. The summed E-state index contributed by atoms with van der Waals surface area (Å²) in [7, 11) is 1.59. The van der Waals surface area contributed by atoms with Crippen molar-refractivity contribution in [3.8, 4) is 0 Å². The Morgan fingerprint density at radius 1 is 1.47 bits per heavy atom. The second kappa shape index (κ2) is 6.43. The van der Waals surface area contributed by atoms with Gasteiger partial charge in [-0.3, -0.25) is 4.90 Å². The molecule has 0 aromatic rings. The minimum Gasteiger partial charge on any atom is -0.395 e. The molecule has 4 nitrogen and oxygen atoms in total. The number of aliphatic hydroxyl groups is 2. The summed E-state index contributed by atoms with van der Waals surface area (Å²) in [5.41, 5.74) is 0. The highest BCUT2D eigenvalue weighted by atomic mass is 16.5. The zero-order chi connectivity index (χ0) is 11.3. The normalized spacial score (nSPS) is 30.4. The van der Waals surface area contributed by atoms with Crippen molar-refractivity contribution in [3.63, 3.8) is 0 Å². The summed E-state index contributed by atoms with van der Waals surface area (Å²) in [4.78, 5) is 2.20. The summed E-state index contributed by atoms with van der Waals surface area (Å²) in [5, 5.41) is 19.0. The smallest absolute Gasteiger partial charge is 0.0900 e. The molecule has 3 atom stereocenters. The van der Waals surface area contributed by atoms with Crippen LogP contribution < -0.4 is 0 Å². The lowest BCUT2D eigenvalue weighted by atomic mass is 9.96. The Labute approximate surface area is 91.8 Å². The van der Waals surface area contributed by atoms with Gasteiger partial charge in [0.1, 0.15) is 0 Å². The van der Waals surface area contributed by atoms with E-state index in [2.05, 4.69) is 11.8 Å². The molecule has 0 bridgehead atoms. The number of β-amino-alcohol motifs (C(OH)–C–C–N with tert-alkyl or cyclic N) is 1. The van der Waals surface area contributed by atoms with E-state index in [0.717, 1.165) is 12.8 Å². The number of hydrogen-bond acceptors (Lipinski definition) is 4. The van der Waals surface area contributed by atoms with Crippen LogP contribution in [-0.2, 0) is 4.74 Å². The van der Waals surface area contributed by atoms with Crippen molar-refractivity contribution < 1.29 is 14.9 Å². The maximum atomic E-state index is 9.68. The van der Waals surface area contributed by atoms with Crippen LogP contribution in [0.1, 0.15) is 26.2 Å². The first-order valence-corrected chi connectivity index (χ1v) is 5.72. The first kappa shape index (κ1) is 12.9. The molecule has 2 N–H and O–H groups in total. The van der Waals surface area contributed by atoms with Gasteiger partial charge in [0.25, 0.3) is 0 Å². The Bertz CT molecular complexity index is 177. The third-order valence-electron chi connectivity index (χ3n) is 3.19. The summed E-state index contributed by atoms with van der Waals surface area (Å²) < 4.78 is 4.91. The Kier molecular flexibility index (Phi) is 5.53. The molecular formula is C11H23NO3. The Hall–Kier alpha value is -0.160. The van der Waals surface area contributed by atoms with E-state index in [9.17, 15) is 10.2 Å². The van der Waals surface area contributed by atoms with Crippen molar-refractivity contribution in [1.29, 1.82) is 0 Å². The number of rotatable bonds is 5. The molecule has 1 heterocycles. The van der Waals surface area contributed by atoms with Gasteiger partial charge >= 0.3 is 0 Å². The average Bonchev–Trinajstić information content (AvgIpc) is 2.21. The molecule has 90 valence electrons. The van der Waals surface area contributed by atoms with Gasteiger partial charge in [-0.1, -0.05) is 6.42 Å². The molecule has 0 aromatic heterocycles. The predicted octanol–water partition coefficient (Wildman–Crippen LogP) is 0.229. The first-order chi connectivity index (χ1) is 7.19. The molecule has 1 aliphatic heterocycles. The summed E-state index contributed by atoms with van der Waals surface area (Å²) in [6, 6.07) is 0.655. The van der Waals surface area contributed by atoms with E-state index in [1.807, 2.05) is 0 Å². The molecule has 0 spiro atoms. The van der Waals surface area contributed by atoms with Crippen molar-refractivity contribution in [2.24, 2.45) is 0 Å². The number of nitrogens with zero attached hydrogens (tertiary/aromatic N) is 1. The molecule has 1 aliphatic rings. The lowest BCUT2D eigenvalue weighted by molar-refractivity contribution is -0.0128. The second-order valence-corrected chi connectivity index (χ2v) is 4.42. The average molecular weight is 217 g/mol. The highest BCUT2D eigenvalue weighted by Gasteiger charge is 2.28. The van der Waals surface area contributed by atoms with E-state index in [1.165, 1.54) is 6.42 Å². The van der Waals surface area contributed by atoms with Gasteiger partial charge in [0.15, 0.2) is 0 Å². The van der Waals surface area contributed by atoms with Crippen LogP contribution in [-0.4, -0.2) is 60.2 Å². The predicted molar refractivity (Wildman–Crippen MR) is 58.8 cm³/mol. The zero-order valence-corrected chi connectivity index (χ0v) is 9.72. The Morgan fingerprint density at radius 2 is 2.20 bits per heavy atom. The van der Waals surface area contributed by atoms with E-state index in [0.29, 0.717) is 19.2 Å². The summed E-state index contributed by atoms with van der Waals surface area (Å²) in [6.07, 6.45) is 2.89. The standard InChI is InChI=1S/C11H23NO3/c1-9-4-3-5-10(7-13)12(9)6-11(14)8-15-2/h9-11,13-14H,3-8H2,1-2H3/t9?,10?,11-/m1/s1. The zero-order valence-electron chi connectivity index (χ0n) is 9.72. The lowest BCUT2D eigenvalue weighted by Gasteiger charge is -2.40. The van der Waals surface area contributed by atoms with E-state index >= 15 is 0 Å². The van der Waals surface area contributed by atoms with E-state index in [-0.39, 0.29) is 12.6 Å². The monoisotopic (exact) mass is 217 g/mol. The van der Waals surface area contributed by atoms with Crippen LogP contribution in [0.2, 0.25) is 0 Å². The largest absolute Gasteiger partial charge is 0.395 e. The van der Waals surface area contributed by atoms with E-state index in [1.54, 1.807) is 7.11 Å². The number of likely N-dealkylation sites (tertiary alicyclic amines) is 1. The van der Waals surface area contributed by atoms with Crippen molar-refractivity contribution >= 4 is 0 Å². The lowest BCUT2D eigenvalue weighted by Crippen LogP contribution is -2.50. The fraction of sp³-hybridized carbons (Fsp3) is 1.00. The van der Waals surface area contributed by atoms with Crippen LogP contribution in [0.3, 0.4) is 0 Å². The summed E-state index contributed by atoms with van der Waals surface area (Å²) in [6.45, 7) is 3.30. The third kappa shape index (κ3) is 3.72. The number of ether oxygens (including phenoxy) is 1. The van der Waals surface area contributed by atoms with Gasteiger partial charge in [0, 0.05) is 25.7 Å². The van der Waals surface area contributed by atoms with Gasteiger partial charge in [0.2, 0.25) is 0 Å². The van der Waals surface area contributed by atoms with Gasteiger partial charge in [0.05, 0.1) is 19.3 Å². The fourth-order valence-electron chi connectivity index (χ4n) is 2.35. The van der Waals surface area contributed by atoms with Gasteiger partial charge in [-0.25, -0.2) is 0 Å². The topological polar surface area (TPSA) is 52.9 Å². The van der Waals surface area contributed by atoms with Gasteiger partial charge < -0.3 is 14.9 Å². The van der Waals surface area contributed by atoms with Crippen molar-refractivity contribution in [1.82, 2.24) is 4.90 Å². The molecule has 1 fully saturated rings.